The molecule has 26 heavy (non-hydrogen) atoms. The predicted molar refractivity (Wildman–Crippen MR) is 112 cm³/mol. The Morgan fingerprint density at radius 2 is 1.27 bits per heavy atom. The lowest BCUT2D eigenvalue weighted by Gasteiger charge is -2.07. The van der Waals surface area contributed by atoms with Gasteiger partial charge in [0.15, 0.2) is 0 Å². The van der Waals surface area contributed by atoms with Crippen LogP contribution in [-0.4, -0.2) is 29.9 Å². The predicted octanol–water partition coefficient (Wildman–Crippen LogP) is 4.91. The third kappa shape index (κ3) is 13.8. The summed E-state index contributed by atoms with van der Waals surface area (Å²) in [5.41, 5.74) is 1.43. The lowest BCUT2D eigenvalue weighted by atomic mass is 10.1. The van der Waals surface area contributed by atoms with Gasteiger partial charge in [-0.3, -0.25) is 0 Å². The van der Waals surface area contributed by atoms with Gasteiger partial charge in [-0.15, -0.1) is 0 Å². The summed E-state index contributed by atoms with van der Waals surface area (Å²) in [6, 6.07) is 24.0. The maximum absolute atomic E-state index is 9.64. The Labute approximate surface area is 158 Å². The molecule has 0 bridgehead atoms. The fraction of sp³-hybridized carbons (Fsp3) is 0.217. The van der Waals surface area contributed by atoms with Gasteiger partial charge in [0.1, 0.15) is 5.76 Å². The monoisotopic (exact) mass is 353 g/mol. The topological polar surface area (TPSA) is 52.5 Å². The van der Waals surface area contributed by atoms with Crippen molar-refractivity contribution in [2.45, 2.75) is 13.8 Å². The molecule has 3 heteroatoms. The van der Waals surface area contributed by atoms with E-state index >= 15 is 0 Å². The third-order valence-corrected chi connectivity index (χ3v) is 3.09. The maximum atomic E-state index is 9.64. The molecule has 2 rings (SSSR count). The summed E-state index contributed by atoms with van der Waals surface area (Å²) in [7, 11) is 0. The summed E-state index contributed by atoms with van der Waals surface area (Å²) in [5, 5.41) is 21.1. The summed E-state index contributed by atoms with van der Waals surface area (Å²) in [4.78, 5) is 0. The molecule has 0 aliphatic carbocycles. The minimum Gasteiger partial charge on any atom is -0.507 e. The Hall–Kier alpha value is -2.62. The number of allylic oxidation sites excluding steroid dienone is 3. The van der Waals surface area contributed by atoms with Crippen molar-refractivity contribution < 1.29 is 10.2 Å². The molecule has 0 atom stereocenters. The van der Waals surface area contributed by atoms with Gasteiger partial charge in [-0.05, 0) is 19.4 Å². The molecule has 0 fully saturated rings. The number of nitrogens with one attached hydrogen (secondary N) is 1. The number of hydrogen-bond donors (Lipinski definition) is 3. The first-order valence-electron chi connectivity index (χ1n) is 8.65. The second-order valence-corrected chi connectivity index (χ2v) is 5.34. The van der Waals surface area contributed by atoms with Crippen LogP contribution in [0.15, 0.2) is 108 Å². The molecular weight excluding hydrogens is 322 g/mol. The Bertz CT molecular complexity index is 534. The first kappa shape index (κ1) is 23.4. The van der Waals surface area contributed by atoms with Crippen molar-refractivity contribution in [2.75, 3.05) is 19.7 Å². The molecule has 140 valence electrons. The van der Waals surface area contributed by atoms with Crippen LogP contribution in [0.2, 0.25) is 0 Å². The molecule has 2 aromatic carbocycles. The summed E-state index contributed by atoms with van der Waals surface area (Å²) >= 11 is 0. The summed E-state index contributed by atoms with van der Waals surface area (Å²) < 4.78 is 0. The summed E-state index contributed by atoms with van der Waals surface area (Å²) in [6.07, 6.45) is 3.69. The van der Waals surface area contributed by atoms with Gasteiger partial charge in [-0.2, -0.15) is 0 Å². The van der Waals surface area contributed by atoms with Crippen molar-refractivity contribution >= 4 is 0 Å². The van der Waals surface area contributed by atoms with E-state index in [4.69, 9.17) is 5.11 Å². The normalized spacial score (nSPS) is 10.7. The number of rotatable bonds is 6. The van der Waals surface area contributed by atoms with Gasteiger partial charge >= 0.3 is 0 Å². The van der Waals surface area contributed by atoms with Crippen LogP contribution in [-0.2, 0) is 0 Å². The lowest BCUT2D eigenvalue weighted by Crippen LogP contribution is -2.21. The van der Waals surface area contributed by atoms with E-state index in [-0.39, 0.29) is 12.4 Å². The molecular formula is C23H31NO2. The molecule has 0 aliphatic rings. The molecule has 0 aliphatic heterocycles. The smallest absolute Gasteiger partial charge is 0.122 e. The second-order valence-electron chi connectivity index (χ2n) is 5.34. The molecule has 0 saturated heterocycles. The Morgan fingerprint density at radius 1 is 0.885 bits per heavy atom. The number of hydrogen-bond acceptors (Lipinski definition) is 3. The minimum atomic E-state index is 0.0889. The maximum Gasteiger partial charge on any atom is 0.122 e. The largest absolute Gasteiger partial charge is 0.507 e. The van der Waals surface area contributed by atoms with Crippen LogP contribution in [0.25, 0.3) is 0 Å². The van der Waals surface area contributed by atoms with Crippen molar-refractivity contribution in [1.29, 1.82) is 0 Å². The molecule has 0 saturated carbocycles. The third-order valence-electron chi connectivity index (χ3n) is 3.09. The first-order valence-corrected chi connectivity index (χ1v) is 8.65. The fourth-order valence-corrected chi connectivity index (χ4v) is 1.78. The van der Waals surface area contributed by atoms with Gasteiger partial charge in [0.25, 0.3) is 0 Å². The van der Waals surface area contributed by atoms with Crippen molar-refractivity contribution in [3.05, 3.63) is 108 Å². The number of aliphatic hydroxyl groups is 2. The first-order chi connectivity index (χ1) is 12.6. The molecule has 0 radical (unpaired) electrons. The van der Waals surface area contributed by atoms with Crippen LogP contribution >= 0.6 is 0 Å². The van der Waals surface area contributed by atoms with Crippen molar-refractivity contribution in [2.24, 2.45) is 0 Å². The van der Waals surface area contributed by atoms with Gasteiger partial charge in [-0.25, -0.2) is 0 Å². The quantitative estimate of drug-likeness (QED) is 0.393. The average molecular weight is 354 g/mol. The van der Waals surface area contributed by atoms with Crippen LogP contribution in [0.1, 0.15) is 13.8 Å². The van der Waals surface area contributed by atoms with E-state index in [1.165, 1.54) is 0 Å². The van der Waals surface area contributed by atoms with Gasteiger partial charge in [-0.1, -0.05) is 91.5 Å². The summed E-state index contributed by atoms with van der Waals surface area (Å²) in [5.74, 6) is 0.216. The van der Waals surface area contributed by atoms with Crippen LogP contribution in [0, 0.1) is 0 Å². The van der Waals surface area contributed by atoms with Crippen molar-refractivity contribution in [3.63, 3.8) is 0 Å². The molecule has 0 aromatic heterocycles. The molecule has 2 aromatic rings. The highest BCUT2D eigenvalue weighted by Gasteiger charge is 2.02. The standard InChI is InChI=1S/C11H19NO2.2C6H6/c1-4-5-9(2)11(14)10(3)8-12-6-7-13;2*1-2-4-6-5-3-1/h4-5,12-14H,3,6-8H2,1-2H3;2*1-6H/b5-4-,11-9+;;. The van der Waals surface area contributed by atoms with Crippen molar-refractivity contribution in [1.82, 2.24) is 5.32 Å². The Morgan fingerprint density at radius 3 is 1.58 bits per heavy atom. The zero-order chi connectivity index (χ0) is 19.5. The molecule has 0 spiro atoms. The summed E-state index contributed by atoms with van der Waals surface area (Å²) in [6.45, 7) is 8.55. The Balaban J connectivity index is 0.000000421. The molecule has 0 unspecified atom stereocenters. The number of benzene rings is 2. The van der Waals surface area contributed by atoms with Gasteiger partial charge in [0.05, 0.1) is 6.61 Å². The van der Waals surface area contributed by atoms with Crippen LogP contribution in [0.3, 0.4) is 0 Å². The molecule has 0 amide bonds. The van der Waals surface area contributed by atoms with E-state index in [0.717, 1.165) is 5.57 Å². The molecule has 3 N–H and O–H groups in total. The van der Waals surface area contributed by atoms with Gasteiger partial charge in [0.2, 0.25) is 0 Å². The van der Waals surface area contributed by atoms with E-state index < -0.39 is 0 Å². The zero-order valence-electron chi connectivity index (χ0n) is 15.8. The second kappa shape index (κ2) is 17.2. The Kier molecular flexibility index (Phi) is 15.5. The van der Waals surface area contributed by atoms with Crippen LogP contribution < -0.4 is 5.32 Å². The highest BCUT2D eigenvalue weighted by molar-refractivity contribution is 5.32. The highest BCUT2D eigenvalue weighted by Crippen LogP contribution is 2.10. The fourth-order valence-electron chi connectivity index (χ4n) is 1.78. The minimum absolute atomic E-state index is 0.0889. The van der Waals surface area contributed by atoms with Gasteiger partial charge < -0.3 is 15.5 Å². The van der Waals surface area contributed by atoms with E-state index in [9.17, 15) is 5.11 Å². The average Bonchev–Trinajstić information content (AvgIpc) is 2.71. The number of aliphatic hydroxyl groups excluding tert-OH is 2. The van der Waals surface area contributed by atoms with Crippen LogP contribution in [0.5, 0.6) is 0 Å². The molecule has 3 nitrogen and oxygen atoms in total. The van der Waals surface area contributed by atoms with E-state index in [1.54, 1.807) is 0 Å². The van der Waals surface area contributed by atoms with Crippen molar-refractivity contribution in [3.8, 4) is 0 Å². The van der Waals surface area contributed by atoms with E-state index in [1.807, 2.05) is 98.8 Å². The SMILES string of the molecule is C=C(CNCCO)/C(O)=C(C)\C=C/C.c1ccccc1.c1ccccc1. The lowest BCUT2D eigenvalue weighted by molar-refractivity contribution is 0.293. The van der Waals surface area contributed by atoms with Crippen LogP contribution in [0.4, 0.5) is 0 Å². The van der Waals surface area contributed by atoms with E-state index in [0.29, 0.717) is 18.7 Å². The van der Waals surface area contributed by atoms with E-state index in [2.05, 4.69) is 11.9 Å². The molecule has 0 heterocycles. The van der Waals surface area contributed by atoms with Gasteiger partial charge in [0, 0.05) is 18.7 Å². The highest BCUT2D eigenvalue weighted by atomic mass is 16.3. The zero-order valence-corrected chi connectivity index (χ0v) is 15.8.